The second-order valence-electron chi connectivity index (χ2n) is 8.23. The van der Waals surface area contributed by atoms with Gasteiger partial charge in [0.15, 0.2) is 0 Å². The van der Waals surface area contributed by atoms with Crippen LogP contribution in [0, 0.1) is 5.92 Å². The molecule has 2 rings (SSSR count). The molecule has 2 aliphatic rings. The Bertz CT molecular complexity index is 351. The van der Waals surface area contributed by atoms with Gasteiger partial charge in [0.2, 0.25) is 5.91 Å². The second-order valence-corrected chi connectivity index (χ2v) is 8.23. The quantitative estimate of drug-likeness (QED) is 0.673. The van der Waals surface area contributed by atoms with Crippen LogP contribution in [-0.4, -0.2) is 45.9 Å². The van der Waals surface area contributed by atoms with E-state index in [1.54, 1.807) is 0 Å². The van der Waals surface area contributed by atoms with E-state index in [9.17, 15) is 4.79 Å². The van der Waals surface area contributed by atoms with Crippen molar-refractivity contribution in [2.75, 3.05) is 13.1 Å². The number of carbonyl (C=O) groups is 1. The van der Waals surface area contributed by atoms with Crippen LogP contribution in [0.4, 0.5) is 0 Å². The summed E-state index contributed by atoms with van der Waals surface area (Å²) in [6.07, 6.45) is 3.19. The van der Waals surface area contributed by atoms with E-state index in [0.717, 1.165) is 13.0 Å². The number of carbonyl (C=O) groups excluding carboxylic acids is 1. The molecule has 2 unspecified atom stereocenters. The summed E-state index contributed by atoms with van der Waals surface area (Å²) in [6.45, 7) is 15.6. The number of amides is 1. The van der Waals surface area contributed by atoms with Gasteiger partial charge in [-0.15, -0.1) is 0 Å². The van der Waals surface area contributed by atoms with E-state index in [-0.39, 0.29) is 11.1 Å². The number of fused-ring (bicyclic) bond motifs is 1. The first-order chi connectivity index (χ1) is 8.60. The van der Waals surface area contributed by atoms with Crippen LogP contribution >= 0.6 is 0 Å². The Morgan fingerprint density at radius 1 is 1.05 bits per heavy atom. The number of rotatable bonds is 0. The van der Waals surface area contributed by atoms with Crippen LogP contribution in [0.3, 0.4) is 0 Å². The Kier molecular flexibility index (Phi) is 3.72. The Morgan fingerprint density at radius 2 is 1.68 bits per heavy atom. The smallest absolute Gasteiger partial charge is 0.223 e. The third-order valence-electron chi connectivity index (χ3n) is 4.66. The molecule has 0 aromatic carbocycles. The molecule has 0 aromatic rings. The van der Waals surface area contributed by atoms with Crippen molar-refractivity contribution in [2.24, 2.45) is 5.92 Å². The highest BCUT2D eigenvalue weighted by molar-refractivity contribution is 5.80. The summed E-state index contributed by atoms with van der Waals surface area (Å²) in [5.41, 5.74) is 0.147. The molecule has 0 aromatic heterocycles. The predicted molar refractivity (Wildman–Crippen MR) is 79.1 cm³/mol. The minimum Gasteiger partial charge on any atom is -0.333 e. The Morgan fingerprint density at radius 3 is 2.21 bits per heavy atom. The molecule has 0 aliphatic carbocycles. The van der Waals surface area contributed by atoms with Crippen LogP contribution in [0.5, 0.6) is 0 Å². The molecule has 3 heteroatoms. The van der Waals surface area contributed by atoms with Crippen molar-refractivity contribution < 1.29 is 4.79 Å². The first-order valence-corrected chi connectivity index (χ1v) is 7.68. The monoisotopic (exact) mass is 266 g/mol. The molecule has 0 spiro atoms. The van der Waals surface area contributed by atoms with Gasteiger partial charge in [-0.25, -0.2) is 0 Å². The molecule has 2 atom stereocenters. The molecule has 0 bridgehead atoms. The van der Waals surface area contributed by atoms with Gasteiger partial charge in [-0.1, -0.05) is 0 Å². The normalized spacial score (nSPS) is 30.4. The molecular weight excluding hydrogens is 236 g/mol. The highest BCUT2D eigenvalue weighted by Crippen LogP contribution is 2.37. The van der Waals surface area contributed by atoms with Gasteiger partial charge < -0.3 is 4.90 Å². The fourth-order valence-corrected chi connectivity index (χ4v) is 3.72. The number of hydrogen-bond donors (Lipinski definition) is 0. The van der Waals surface area contributed by atoms with Crippen LogP contribution < -0.4 is 0 Å². The molecule has 2 heterocycles. The summed E-state index contributed by atoms with van der Waals surface area (Å²) in [6, 6.07) is 0.411. The maximum Gasteiger partial charge on any atom is 0.223 e. The van der Waals surface area contributed by atoms with Crippen molar-refractivity contribution in [1.29, 1.82) is 0 Å². The average molecular weight is 266 g/mol. The third kappa shape index (κ3) is 2.96. The zero-order valence-corrected chi connectivity index (χ0v) is 13.5. The summed E-state index contributed by atoms with van der Waals surface area (Å²) in [7, 11) is 0. The van der Waals surface area contributed by atoms with Gasteiger partial charge in [-0.05, 0) is 66.8 Å². The van der Waals surface area contributed by atoms with Gasteiger partial charge in [-0.2, -0.15) is 0 Å². The lowest BCUT2D eigenvalue weighted by Crippen LogP contribution is -2.54. The second kappa shape index (κ2) is 4.76. The van der Waals surface area contributed by atoms with Gasteiger partial charge >= 0.3 is 0 Å². The largest absolute Gasteiger partial charge is 0.333 e. The van der Waals surface area contributed by atoms with E-state index >= 15 is 0 Å². The number of hydrogen-bond acceptors (Lipinski definition) is 2. The highest BCUT2D eigenvalue weighted by Gasteiger charge is 2.46. The summed E-state index contributed by atoms with van der Waals surface area (Å²) in [4.78, 5) is 17.1. The number of nitrogens with zero attached hydrogens (tertiary/aromatic N) is 2. The molecule has 3 nitrogen and oxygen atoms in total. The zero-order chi connectivity index (χ0) is 14.4. The van der Waals surface area contributed by atoms with Crippen molar-refractivity contribution in [3.8, 4) is 0 Å². The van der Waals surface area contributed by atoms with E-state index < -0.39 is 0 Å². The Balaban J connectivity index is 2.24. The minimum absolute atomic E-state index is 0.0512. The standard InChI is InChI=1S/C16H30N2O/c1-15(2,3)17-9-7-8-12-10-14(19)18(13(12)11-17)16(4,5)6/h12-13H,7-11H2,1-6H3. The SMILES string of the molecule is CC(C)(C)N1CCCC2CC(=O)N(C(C)(C)C)C2C1. The van der Waals surface area contributed by atoms with Gasteiger partial charge in [0.25, 0.3) is 0 Å². The van der Waals surface area contributed by atoms with Gasteiger partial charge in [-0.3, -0.25) is 9.69 Å². The molecule has 1 amide bonds. The summed E-state index contributed by atoms with van der Waals surface area (Å²) in [5.74, 6) is 0.928. The fourth-order valence-electron chi connectivity index (χ4n) is 3.72. The molecule has 0 saturated carbocycles. The van der Waals surface area contributed by atoms with Gasteiger partial charge in [0, 0.05) is 30.1 Å². The Labute approximate surface area is 118 Å². The maximum atomic E-state index is 12.4. The lowest BCUT2D eigenvalue weighted by Gasteiger charge is -2.43. The summed E-state index contributed by atoms with van der Waals surface area (Å²) < 4.78 is 0. The van der Waals surface area contributed by atoms with Crippen molar-refractivity contribution in [1.82, 2.24) is 9.80 Å². The van der Waals surface area contributed by atoms with E-state index in [4.69, 9.17) is 0 Å². The van der Waals surface area contributed by atoms with E-state index in [1.165, 1.54) is 19.4 Å². The van der Waals surface area contributed by atoms with E-state index in [0.29, 0.717) is 17.9 Å². The molecule has 19 heavy (non-hydrogen) atoms. The molecule has 2 aliphatic heterocycles. The zero-order valence-electron chi connectivity index (χ0n) is 13.5. The molecule has 110 valence electrons. The molecular formula is C16H30N2O. The highest BCUT2D eigenvalue weighted by atomic mass is 16.2. The van der Waals surface area contributed by atoms with Crippen LogP contribution in [0.1, 0.15) is 60.8 Å². The minimum atomic E-state index is -0.0512. The molecule has 0 N–H and O–H groups in total. The van der Waals surface area contributed by atoms with Crippen molar-refractivity contribution in [2.45, 2.75) is 77.9 Å². The predicted octanol–water partition coefficient (Wildman–Crippen LogP) is 2.90. The molecule has 2 saturated heterocycles. The van der Waals surface area contributed by atoms with Crippen LogP contribution in [0.25, 0.3) is 0 Å². The van der Waals surface area contributed by atoms with Crippen molar-refractivity contribution in [3.63, 3.8) is 0 Å². The fraction of sp³-hybridized carbons (Fsp3) is 0.938. The van der Waals surface area contributed by atoms with E-state index in [2.05, 4.69) is 51.3 Å². The Hall–Kier alpha value is -0.570. The van der Waals surface area contributed by atoms with Crippen LogP contribution in [0.2, 0.25) is 0 Å². The molecule has 2 fully saturated rings. The lowest BCUT2D eigenvalue weighted by atomic mass is 9.94. The topological polar surface area (TPSA) is 23.6 Å². The summed E-state index contributed by atoms with van der Waals surface area (Å²) >= 11 is 0. The first-order valence-electron chi connectivity index (χ1n) is 7.68. The molecule has 0 radical (unpaired) electrons. The lowest BCUT2D eigenvalue weighted by molar-refractivity contribution is -0.134. The van der Waals surface area contributed by atoms with Crippen LogP contribution in [0.15, 0.2) is 0 Å². The van der Waals surface area contributed by atoms with Crippen LogP contribution in [-0.2, 0) is 4.79 Å². The van der Waals surface area contributed by atoms with Crippen molar-refractivity contribution >= 4 is 5.91 Å². The van der Waals surface area contributed by atoms with Gasteiger partial charge in [0.05, 0.1) is 0 Å². The average Bonchev–Trinajstić information content (AvgIpc) is 2.40. The first kappa shape index (κ1) is 14.8. The van der Waals surface area contributed by atoms with Crippen molar-refractivity contribution in [3.05, 3.63) is 0 Å². The van der Waals surface area contributed by atoms with E-state index in [1.807, 2.05) is 0 Å². The number of likely N-dealkylation sites (tertiary alicyclic amines) is 2. The maximum absolute atomic E-state index is 12.4. The summed E-state index contributed by atoms with van der Waals surface area (Å²) in [5, 5.41) is 0. The van der Waals surface area contributed by atoms with Gasteiger partial charge in [0.1, 0.15) is 0 Å². The third-order valence-corrected chi connectivity index (χ3v) is 4.66.